The summed E-state index contributed by atoms with van der Waals surface area (Å²) in [7, 11) is 0. The van der Waals surface area contributed by atoms with Gasteiger partial charge in [-0.2, -0.15) is 0 Å². The van der Waals surface area contributed by atoms with Crippen LogP contribution in [-0.2, 0) is 11.3 Å². The molecule has 0 aliphatic carbocycles. The summed E-state index contributed by atoms with van der Waals surface area (Å²) >= 11 is 1.57. The number of thiazole rings is 1. The average molecular weight is 328 g/mol. The highest BCUT2D eigenvalue weighted by atomic mass is 32.1. The molecule has 0 spiro atoms. The first-order valence-corrected chi connectivity index (χ1v) is 8.02. The lowest BCUT2D eigenvalue weighted by atomic mass is 10.3. The van der Waals surface area contributed by atoms with E-state index in [0.29, 0.717) is 23.8 Å². The van der Waals surface area contributed by atoms with Crippen molar-refractivity contribution in [2.45, 2.75) is 20.4 Å². The number of nitrogens with one attached hydrogen (secondary N) is 1. The molecule has 0 unspecified atom stereocenters. The highest BCUT2D eigenvalue weighted by Gasteiger charge is 2.08. The van der Waals surface area contributed by atoms with E-state index in [4.69, 9.17) is 8.83 Å². The van der Waals surface area contributed by atoms with Crippen LogP contribution in [0.1, 0.15) is 22.3 Å². The Kier molecular flexibility index (Phi) is 4.43. The Morgan fingerprint density at radius 3 is 2.83 bits per heavy atom. The number of nitrogens with zero attached hydrogens (tertiary/aromatic N) is 1. The van der Waals surface area contributed by atoms with Crippen molar-refractivity contribution in [3.63, 3.8) is 0 Å². The van der Waals surface area contributed by atoms with Gasteiger partial charge < -0.3 is 14.2 Å². The maximum Gasteiger partial charge on any atom is 0.244 e. The highest BCUT2D eigenvalue weighted by Crippen LogP contribution is 2.23. The molecule has 1 N–H and O–H groups in total. The molecule has 1 amide bonds. The van der Waals surface area contributed by atoms with Gasteiger partial charge in [0.25, 0.3) is 0 Å². The van der Waals surface area contributed by atoms with Crippen LogP contribution in [0.15, 0.2) is 44.6 Å². The predicted octanol–water partition coefficient (Wildman–Crippen LogP) is 3.94. The van der Waals surface area contributed by atoms with Crippen LogP contribution in [0.25, 0.3) is 17.5 Å². The minimum absolute atomic E-state index is 0.207. The summed E-state index contributed by atoms with van der Waals surface area (Å²) in [5, 5.41) is 5.71. The molecule has 0 bridgehead atoms. The molecule has 3 aromatic heterocycles. The van der Waals surface area contributed by atoms with Crippen LogP contribution in [0, 0.1) is 13.8 Å². The number of carbonyl (C=O) groups is 1. The van der Waals surface area contributed by atoms with E-state index in [2.05, 4.69) is 10.3 Å². The van der Waals surface area contributed by atoms with Gasteiger partial charge >= 0.3 is 0 Å². The summed E-state index contributed by atoms with van der Waals surface area (Å²) in [6.45, 7) is 4.13. The molecule has 0 saturated carbocycles. The van der Waals surface area contributed by atoms with E-state index in [1.165, 1.54) is 6.08 Å². The first-order valence-electron chi connectivity index (χ1n) is 7.14. The number of hydrogen-bond acceptors (Lipinski definition) is 5. The monoisotopic (exact) mass is 328 g/mol. The molecule has 0 aliphatic rings. The van der Waals surface area contributed by atoms with Crippen molar-refractivity contribution in [2.24, 2.45) is 0 Å². The molecular weight excluding hydrogens is 312 g/mol. The number of furan rings is 2. The predicted molar refractivity (Wildman–Crippen MR) is 88.9 cm³/mol. The first-order chi connectivity index (χ1) is 11.1. The quantitative estimate of drug-likeness (QED) is 0.720. The summed E-state index contributed by atoms with van der Waals surface area (Å²) in [5.41, 5.74) is 0.818. The number of rotatable bonds is 5. The maximum atomic E-state index is 11.8. The molecule has 0 saturated heterocycles. The van der Waals surface area contributed by atoms with E-state index in [1.807, 2.05) is 43.5 Å². The Hall–Kier alpha value is -2.60. The summed E-state index contributed by atoms with van der Waals surface area (Å²) in [6, 6.07) is 7.36. The van der Waals surface area contributed by atoms with Crippen LogP contribution in [0.4, 0.5) is 0 Å². The second kappa shape index (κ2) is 6.66. The molecule has 118 valence electrons. The summed E-state index contributed by atoms with van der Waals surface area (Å²) in [4.78, 5) is 16.2. The van der Waals surface area contributed by atoms with Gasteiger partial charge in [-0.25, -0.2) is 4.98 Å². The number of aryl methyl sites for hydroxylation is 2. The van der Waals surface area contributed by atoms with E-state index in [-0.39, 0.29) is 5.91 Å². The fraction of sp³-hybridized carbons (Fsp3) is 0.176. The normalized spacial score (nSPS) is 11.2. The second-order valence-corrected chi connectivity index (χ2v) is 6.08. The molecule has 6 heteroatoms. The lowest BCUT2D eigenvalue weighted by Gasteiger charge is -1.98. The van der Waals surface area contributed by atoms with Crippen molar-refractivity contribution in [3.8, 4) is 11.5 Å². The third kappa shape index (κ3) is 3.98. The van der Waals surface area contributed by atoms with Gasteiger partial charge in [-0.15, -0.1) is 11.3 Å². The molecule has 0 aromatic carbocycles. The standard InChI is InChI=1S/C17H16N2O3S/c1-11-3-4-13(21-11)6-8-17(20)18-9-14-5-7-16(22-14)15-10-23-12(2)19-15/h3-8,10H,9H2,1-2H3,(H,18,20). The van der Waals surface area contributed by atoms with Crippen molar-refractivity contribution < 1.29 is 13.6 Å². The van der Waals surface area contributed by atoms with Gasteiger partial charge in [0.15, 0.2) is 5.76 Å². The fourth-order valence-electron chi connectivity index (χ4n) is 2.02. The second-order valence-electron chi connectivity index (χ2n) is 5.02. The largest absolute Gasteiger partial charge is 0.462 e. The van der Waals surface area contributed by atoms with E-state index in [1.54, 1.807) is 17.4 Å². The van der Waals surface area contributed by atoms with Crippen molar-refractivity contribution >= 4 is 23.3 Å². The summed E-state index contributed by atoms with van der Waals surface area (Å²) < 4.78 is 11.0. The van der Waals surface area contributed by atoms with E-state index in [9.17, 15) is 4.79 Å². The van der Waals surface area contributed by atoms with Gasteiger partial charge in [-0.05, 0) is 44.2 Å². The Bertz CT molecular complexity index is 842. The fourth-order valence-corrected chi connectivity index (χ4v) is 2.62. The van der Waals surface area contributed by atoms with Gasteiger partial charge in [0, 0.05) is 11.5 Å². The molecule has 0 aliphatic heterocycles. The van der Waals surface area contributed by atoms with Gasteiger partial charge in [0.05, 0.1) is 11.6 Å². The van der Waals surface area contributed by atoms with Gasteiger partial charge in [-0.1, -0.05) is 0 Å². The smallest absolute Gasteiger partial charge is 0.244 e. The molecule has 3 heterocycles. The van der Waals surface area contributed by atoms with Crippen LogP contribution in [0.5, 0.6) is 0 Å². The van der Waals surface area contributed by atoms with Crippen LogP contribution in [0.2, 0.25) is 0 Å². The third-order valence-corrected chi connectivity index (χ3v) is 3.90. The Labute approximate surface area is 137 Å². The zero-order valence-corrected chi connectivity index (χ0v) is 13.6. The van der Waals surface area contributed by atoms with Crippen molar-refractivity contribution in [2.75, 3.05) is 0 Å². The topological polar surface area (TPSA) is 68.3 Å². The maximum absolute atomic E-state index is 11.8. The van der Waals surface area contributed by atoms with Crippen LogP contribution in [0.3, 0.4) is 0 Å². The van der Waals surface area contributed by atoms with Crippen LogP contribution < -0.4 is 5.32 Å². The van der Waals surface area contributed by atoms with E-state index in [0.717, 1.165) is 16.5 Å². The average Bonchev–Trinajstić information content (AvgIpc) is 3.24. The van der Waals surface area contributed by atoms with E-state index < -0.39 is 0 Å². The zero-order valence-electron chi connectivity index (χ0n) is 12.8. The molecule has 0 radical (unpaired) electrons. The third-order valence-electron chi connectivity index (χ3n) is 3.13. The molecule has 3 rings (SSSR count). The number of hydrogen-bond donors (Lipinski definition) is 1. The first kappa shape index (κ1) is 15.3. The van der Waals surface area contributed by atoms with Gasteiger partial charge in [-0.3, -0.25) is 4.79 Å². The lowest BCUT2D eigenvalue weighted by Crippen LogP contribution is -2.19. The zero-order chi connectivity index (χ0) is 16.2. The van der Waals surface area contributed by atoms with Gasteiger partial charge in [0.1, 0.15) is 23.0 Å². The Balaban J connectivity index is 1.55. The van der Waals surface area contributed by atoms with Crippen LogP contribution in [-0.4, -0.2) is 10.9 Å². The number of aromatic nitrogens is 1. The lowest BCUT2D eigenvalue weighted by molar-refractivity contribution is -0.116. The van der Waals surface area contributed by atoms with E-state index >= 15 is 0 Å². The summed E-state index contributed by atoms with van der Waals surface area (Å²) in [6.07, 6.45) is 3.07. The number of carbonyl (C=O) groups excluding carboxylic acids is 1. The molecule has 0 fully saturated rings. The molecule has 3 aromatic rings. The minimum atomic E-state index is -0.207. The summed E-state index contributed by atoms with van der Waals surface area (Å²) in [5.74, 6) is 2.64. The van der Waals surface area contributed by atoms with Crippen molar-refractivity contribution in [3.05, 3.63) is 58.0 Å². The SMILES string of the molecule is Cc1ccc(C=CC(=O)NCc2ccc(-c3csc(C)n3)o2)o1. The minimum Gasteiger partial charge on any atom is -0.462 e. The molecule has 0 atom stereocenters. The Morgan fingerprint density at radius 1 is 1.26 bits per heavy atom. The molecule has 23 heavy (non-hydrogen) atoms. The molecular formula is C17H16N2O3S. The van der Waals surface area contributed by atoms with Crippen molar-refractivity contribution in [1.29, 1.82) is 0 Å². The van der Waals surface area contributed by atoms with Crippen molar-refractivity contribution in [1.82, 2.24) is 10.3 Å². The highest BCUT2D eigenvalue weighted by molar-refractivity contribution is 7.09. The Morgan fingerprint density at radius 2 is 2.13 bits per heavy atom. The molecule has 5 nitrogen and oxygen atoms in total. The van der Waals surface area contributed by atoms with Gasteiger partial charge in [0.2, 0.25) is 5.91 Å². The van der Waals surface area contributed by atoms with Crippen LogP contribution >= 0.6 is 11.3 Å². The number of amides is 1.